The molecule has 0 saturated carbocycles. The van der Waals surface area contributed by atoms with Crippen LogP contribution in [0, 0.1) is 6.92 Å². The van der Waals surface area contributed by atoms with Gasteiger partial charge in [0.25, 0.3) is 0 Å². The normalized spacial score (nSPS) is 10.2. The summed E-state index contributed by atoms with van der Waals surface area (Å²) >= 11 is 9.22. The zero-order chi connectivity index (χ0) is 11.0. The SMILES string of the molecule is Cc1ccccc1.O=S(=O)(NCl)NCl. The largest absolute Gasteiger partial charge is 0.303 e. The zero-order valence-electron chi connectivity index (χ0n) is 7.37. The topological polar surface area (TPSA) is 58.2 Å². The summed E-state index contributed by atoms with van der Waals surface area (Å²) < 4.78 is 22.5. The number of hydrogen-bond donors (Lipinski definition) is 2. The highest BCUT2D eigenvalue weighted by Gasteiger charge is 2.00. The first-order valence-corrected chi connectivity index (χ1v) is 5.77. The van der Waals surface area contributed by atoms with Crippen LogP contribution in [0.3, 0.4) is 0 Å². The maximum Gasteiger partial charge on any atom is 0.303 e. The molecule has 1 aromatic carbocycles. The molecule has 80 valence electrons. The summed E-state index contributed by atoms with van der Waals surface area (Å²) in [6.45, 7) is 2.08. The van der Waals surface area contributed by atoms with E-state index < -0.39 is 10.2 Å². The molecule has 0 unspecified atom stereocenters. The predicted octanol–water partition coefficient (Wildman–Crippen LogP) is 1.71. The van der Waals surface area contributed by atoms with Crippen molar-refractivity contribution in [3.05, 3.63) is 35.9 Å². The van der Waals surface area contributed by atoms with Crippen LogP contribution in [-0.2, 0) is 10.2 Å². The highest BCUT2D eigenvalue weighted by atomic mass is 35.5. The van der Waals surface area contributed by atoms with Crippen LogP contribution in [0.25, 0.3) is 0 Å². The molecule has 0 aliphatic carbocycles. The molecule has 0 saturated heterocycles. The average Bonchev–Trinajstić information content (AvgIpc) is 2.20. The third-order valence-electron chi connectivity index (χ3n) is 1.14. The summed E-state index contributed by atoms with van der Waals surface area (Å²) in [5.74, 6) is 0. The molecule has 0 radical (unpaired) electrons. The Bertz CT molecular complexity index is 332. The van der Waals surface area contributed by atoms with E-state index in [9.17, 15) is 8.42 Å². The van der Waals surface area contributed by atoms with E-state index in [0.29, 0.717) is 0 Å². The molecule has 0 bridgehead atoms. The third-order valence-corrected chi connectivity index (χ3v) is 2.77. The van der Waals surface area contributed by atoms with Crippen LogP contribution in [0.5, 0.6) is 0 Å². The number of benzene rings is 1. The number of halogens is 2. The Morgan fingerprint density at radius 3 is 1.64 bits per heavy atom. The Morgan fingerprint density at radius 2 is 1.50 bits per heavy atom. The van der Waals surface area contributed by atoms with Crippen LogP contribution in [0.4, 0.5) is 0 Å². The van der Waals surface area contributed by atoms with Gasteiger partial charge in [0.2, 0.25) is 0 Å². The van der Waals surface area contributed by atoms with Crippen molar-refractivity contribution in [2.45, 2.75) is 6.92 Å². The van der Waals surface area contributed by atoms with E-state index in [2.05, 4.69) is 42.6 Å². The van der Waals surface area contributed by atoms with Gasteiger partial charge in [0, 0.05) is 0 Å². The first-order valence-electron chi connectivity index (χ1n) is 3.53. The first-order chi connectivity index (χ1) is 6.52. The molecule has 4 nitrogen and oxygen atoms in total. The second-order valence-electron chi connectivity index (χ2n) is 2.31. The van der Waals surface area contributed by atoms with Crippen LogP contribution in [0.2, 0.25) is 0 Å². The van der Waals surface area contributed by atoms with Crippen LogP contribution >= 0.6 is 23.6 Å². The van der Waals surface area contributed by atoms with Crippen molar-refractivity contribution >= 4 is 33.8 Å². The van der Waals surface area contributed by atoms with Crippen LogP contribution < -0.4 is 8.48 Å². The monoisotopic (exact) mass is 256 g/mol. The number of hydrogen-bond acceptors (Lipinski definition) is 2. The molecule has 7 heteroatoms. The van der Waals surface area contributed by atoms with Gasteiger partial charge in [-0.05, 0) is 30.5 Å². The molecule has 0 aromatic heterocycles. The van der Waals surface area contributed by atoms with Gasteiger partial charge < -0.3 is 0 Å². The second kappa shape index (κ2) is 7.03. The van der Waals surface area contributed by atoms with Crippen molar-refractivity contribution in [3.8, 4) is 0 Å². The lowest BCUT2D eigenvalue weighted by molar-refractivity contribution is 0.592. The standard InChI is InChI=1S/C7H8.Cl2H2N2O2S/c1-7-5-3-2-4-6-7;1-3-7(5,6)4-2/h2-6H,1H3;3-4H. The summed E-state index contributed by atoms with van der Waals surface area (Å²) in [5, 5.41) is 0. The lowest BCUT2D eigenvalue weighted by Gasteiger charge is -1.89. The van der Waals surface area contributed by atoms with E-state index in [1.165, 1.54) is 14.0 Å². The third kappa shape index (κ3) is 7.11. The van der Waals surface area contributed by atoms with Crippen molar-refractivity contribution in [1.29, 1.82) is 0 Å². The molecular weight excluding hydrogens is 247 g/mol. The minimum Gasteiger partial charge on any atom is -0.193 e. The van der Waals surface area contributed by atoms with Gasteiger partial charge in [0.05, 0.1) is 0 Å². The summed E-state index contributed by atoms with van der Waals surface area (Å²) in [4.78, 5) is 0. The molecule has 0 spiro atoms. The summed E-state index contributed by atoms with van der Waals surface area (Å²) in [5.41, 5.74) is 1.32. The summed E-state index contributed by atoms with van der Waals surface area (Å²) in [6.07, 6.45) is 0. The van der Waals surface area contributed by atoms with E-state index in [4.69, 9.17) is 0 Å². The molecular formula is C7H10Cl2N2O2S. The molecule has 0 amide bonds. The maximum absolute atomic E-state index is 9.88. The Kier molecular flexibility index (Phi) is 6.86. The van der Waals surface area contributed by atoms with Gasteiger partial charge in [-0.1, -0.05) is 35.9 Å². The Balaban J connectivity index is 0.000000241. The number of aryl methyl sites for hydroxylation is 1. The van der Waals surface area contributed by atoms with Crippen LogP contribution in [0.15, 0.2) is 30.3 Å². The highest BCUT2D eigenvalue weighted by Crippen LogP contribution is 1.92. The molecule has 0 atom stereocenters. The quantitative estimate of drug-likeness (QED) is 0.792. The van der Waals surface area contributed by atoms with Gasteiger partial charge in [0.1, 0.15) is 0 Å². The van der Waals surface area contributed by atoms with Gasteiger partial charge in [0.15, 0.2) is 0 Å². The number of nitrogens with one attached hydrogen (secondary N) is 2. The van der Waals surface area contributed by atoms with Crippen molar-refractivity contribution in [2.75, 3.05) is 0 Å². The minimum absolute atomic E-state index is 1.32. The van der Waals surface area contributed by atoms with Gasteiger partial charge in [-0.3, -0.25) is 0 Å². The van der Waals surface area contributed by atoms with Gasteiger partial charge in [-0.25, -0.2) is 0 Å². The lowest BCUT2D eigenvalue weighted by Crippen LogP contribution is -2.23. The Labute approximate surface area is 93.6 Å². The molecule has 1 aromatic rings. The summed E-state index contributed by atoms with van der Waals surface area (Å²) in [7, 11) is -3.63. The van der Waals surface area contributed by atoms with E-state index >= 15 is 0 Å². The second-order valence-corrected chi connectivity index (χ2v) is 4.55. The Morgan fingerprint density at radius 1 is 1.07 bits per heavy atom. The van der Waals surface area contributed by atoms with Gasteiger partial charge in [-0.2, -0.15) is 8.42 Å². The molecule has 0 aliphatic rings. The van der Waals surface area contributed by atoms with Gasteiger partial charge in [-0.15, -0.1) is 8.48 Å². The smallest absolute Gasteiger partial charge is 0.193 e. The fourth-order valence-corrected chi connectivity index (χ4v) is 0.928. The highest BCUT2D eigenvalue weighted by molar-refractivity contribution is 7.89. The molecule has 0 heterocycles. The van der Waals surface area contributed by atoms with E-state index in [1.54, 1.807) is 0 Å². The van der Waals surface area contributed by atoms with Crippen molar-refractivity contribution in [3.63, 3.8) is 0 Å². The lowest BCUT2D eigenvalue weighted by atomic mass is 10.2. The fourth-order valence-electron chi connectivity index (χ4n) is 0.549. The Hall–Kier alpha value is -0.330. The fraction of sp³-hybridized carbons (Fsp3) is 0.143. The van der Waals surface area contributed by atoms with Crippen LogP contribution in [-0.4, -0.2) is 8.42 Å². The van der Waals surface area contributed by atoms with E-state index in [-0.39, 0.29) is 0 Å². The maximum atomic E-state index is 9.88. The van der Waals surface area contributed by atoms with Crippen molar-refractivity contribution in [2.24, 2.45) is 0 Å². The first kappa shape index (κ1) is 13.7. The molecule has 14 heavy (non-hydrogen) atoms. The van der Waals surface area contributed by atoms with Crippen LogP contribution in [0.1, 0.15) is 5.56 Å². The number of rotatable bonds is 2. The molecule has 0 aliphatic heterocycles. The molecule has 1 rings (SSSR count). The van der Waals surface area contributed by atoms with E-state index in [0.717, 1.165) is 0 Å². The van der Waals surface area contributed by atoms with Gasteiger partial charge >= 0.3 is 10.2 Å². The van der Waals surface area contributed by atoms with Crippen molar-refractivity contribution < 1.29 is 8.42 Å². The average molecular weight is 257 g/mol. The summed E-state index contributed by atoms with van der Waals surface area (Å²) in [6, 6.07) is 10.3. The predicted molar refractivity (Wildman–Crippen MR) is 58.1 cm³/mol. The molecule has 2 N–H and O–H groups in total. The molecule has 0 fully saturated rings. The minimum atomic E-state index is -3.63. The van der Waals surface area contributed by atoms with Crippen molar-refractivity contribution in [1.82, 2.24) is 8.48 Å². The van der Waals surface area contributed by atoms with E-state index in [1.807, 2.05) is 18.2 Å². The zero-order valence-corrected chi connectivity index (χ0v) is 9.70.